The normalized spacial score (nSPS) is 19.1. The predicted octanol–water partition coefficient (Wildman–Crippen LogP) is 4.34. The van der Waals surface area contributed by atoms with Crippen LogP contribution < -0.4 is 10.0 Å². The molecule has 1 aromatic heterocycles. The molecule has 0 radical (unpaired) electrons. The van der Waals surface area contributed by atoms with Crippen molar-refractivity contribution >= 4 is 29.3 Å². The summed E-state index contributed by atoms with van der Waals surface area (Å²) in [7, 11) is 0. The summed E-state index contributed by atoms with van der Waals surface area (Å²) >= 11 is 1.41. The van der Waals surface area contributed by atoms with E-state index in [1.54, 1.807) is 30.3 Å². The number of nitrogens with zero attached hydrogens (tertiary/aromatic N) is 1. The molecule has 1 aliphatic rings. The van der Waals surface area contributed by atoms with Gasteiger partial charge in [0, 0.05) is 48.4 Å². The van der Waals surface area contributed by atoms with Gasteiger partial charge in [0.05, 0.1) is 18.8 Å². The van der Waals surface area contributed by atoms with Crippen molar-refractivity contribution in [2.24, 2.45) is 0 Å². The van der Waals surface area contributed by atoms with E-state index in [4.69, 9.17) is 14.6 Å². The molecule has 3 aromatic rings. The fourth-order valence-electron chi connectivity index (χ4n) is 4.11. The first-order valence-corrected chi connectivity index (χ1v) is 13.3. The first-order chi connectivity index (χ1) is 18.4. The number of amides is 1. The van der Waals surface area contributed by atoms with E-state index in [1.165, 1.54) is 18.0 Å². The van der Waals surface area contributed by atoms with Crippen molar-refractivity contribution in [2.45, 2.75) is 55.8 Å². The summed E-state index contributed by atoms with van der Waals surface area (Å²) < 4.78 is 13.5. The molecule has 1 amide bonds. The molecule has 2 aromatic carbocycles. The number of ether oxygens (including phenoxy) is 2. The van der Waals surface area contributed by atoms with Crippen molar-refractivity contribution in [3.8, 4) is 0 Å². The average molecular weight is 539 g/mol. The van der Waals surface area contributed by atoms with E-state index in [9.17, 15) is 19.9 Å². The second kappa shape index (κ2) is 13.4. The van der Waals surface area contributed by atoms with Gasteiger partial charge in [0.25, 0.3) is 5.03 Å². The Hall–Kier alpha value is -3.44. The van der Waals surface area contributed by atoms with Crippen LogP contribution in [-0.4, -0.2) is 33.9 Å². The number of pyridine rings is 1. The Morgan fingerprint density at radius 2 is 1.84 bits per heavy atom. The Morgan fingerprint density at radius 3 is 2.58 bits per heavy atom. The lowest BCUT2D eigenvalue weighted by molar-refractivity contribution is -0.645. The predicted molar refractivity (Wildman–Crippen MR) is 141 cm³/mol. The zero-order valence-electron chi connectivity index (χ0n) is 20.7. The molecule has 0 unspecified atom stereocenters. The van der Waals surface area contributed by atoms with Gasteiger partial charge in [-0.2, -0.15) is 4.73 Å². The number of rotatable bonds is 11. The minimum Gasteiger partial charge on any atom is -0.618 e. The fourth-order valence-corrected chi connectivity index (χ4v) is 5.05. The third-order valence-electron chi connectivity index (χ3n) is 6.06. The van der Waals surface area contributed by atoms with E-state index in [1.807, 2.05) is 36.4 Å². The number of carbonyl (C=O) groups excluding carboxylic acids is 1. The zero-order valence-corrected chi connectivity index (χ0v) is 21.5. The molecule has 0 saturated carbocycles. The maximum Gasteiger partial charge on any atom is 0.303 e. The van der Waals surface area contributed by atoms with Gasteiger partial charge >= 0.3 is 5.97 Å². The smallest absolute Gasteiger partial charge is 0.303 e. The number of aliphatic hydroxyl groups excluding tert-OH is 1. The fraction of sp³-hybridized carbons (Fsp3) is 0.321. The van der Waals surface area contributed by atoms with Gasteiger partial charge in [-0.05, 0) is 35.7 Å². The van der Waals surface area contributed by atoms with Crippen molar-refractivity contribution < 1.29 is 34.0 Å². The summed E-state index contributed by atoms with van der Waals surface area (Å²) in [5.74, 6) is -0.659. The minimum absolute atomic E-state index is 0.0438. The van der Waals surface area contributed by atoms with Gasteiger partial charge in [0.1, 0.15) is 0 Å². The van der Waals surface area contributed by atoms with Crippen molar-refractivity contribution in [1.82, 2.24) is 0 Å². The van der Waals surface area contributed by atoms with E-state index in [-0.39, 0.29) is 44.0 Å². The van der Waals surface area contributed by atoms with Crippen LogP contribution in [0.1, 0.15) is 54.8 Å². The van der Waals surface area contributed by atoms with Gasteiger partial charge in [-0.25, -0.2) is 0 Å². The van der Waals surface area contributed by atoms with Gasteiger partial charge in [0.15, 0.2) is 12.5 Å². The van der Waals surface area contributed by atoms with Gasteiger partial charge in [0.2, 0.25) is 5.91 Å². The summed E-state index contributed by atoms with van der Waals surface area (Å²) in [6, 6.07) is 20.0. The third kappa shape index (κ3) is 7.78. The third-order valence-corrected chi connectivity index (χ3v) is 7.21. The van der Waals surface area contributed by atoms with E-state index in [2.05, 4.69) is 5.32 Å². The molecular formula is C28H30N2O7S. The van der Waals surface area contributed by atoms with Crippen molar-refractivity contribution in [3.05, 3.63) is 94.8 Å². The number of carboxylic acid groups (broad SMARTS) is 1. The topological polar surface area (TPSA) is 132 Å². The highest BCUT2D eigenvalue weighted by molar-refractivity contribution is 7.99. The second-order valence-corrected chi connectivity index (χ2v) is 9.99. The van der Waals surface area contributed by atoms with Gasteiger partial charge < -0.3 is 30.2 Å². The number of nitrogens with one attached hydrogen (secondary N) is 1. The van der Waals surface area contributed by atoms with Crippen LogP contribution in [0.4, 0.5) is 5.69 Å². The summed E-state index contributed by atoms with van der Waals surface area (Å²) in [5, 5.41) is 33.7. The number of benzene rings is 2. The number of hydrogen-bond donors (Lipinski definition) is 3. The largest absolute Gasteiger partial charge is 0.618 e. The van der Waals surface area contributed by atoms with E-state index in [0.717, 1.165) is 21.4 Å². The molecule has 38 heavy (non-hydrogen) atoms. The summed E-state index contributed by atoms with van der Waals surface area (Å²) in [6.07, 6.45) is 1.13. The Labute approximate surface area is 225 Å². The highest BCUT2D eigenvalue weighted by Gasteiger charge is 2.33. The number of anilines is 1. The van der Waals surface area contributed by atoms with E-state index >= 15 is 0 Å². The first-order valence-electron chi connectivity index (χ1n) is 12.3. The number of carboxylic acids is 1. The number of aliphatic carboxylic acids is 1. The van der Waals surface area contributed by atoms with Crippen LogP contribution in [0.15, 0.2) is 78.0 Å². The molecule has 9 nitrogen and oxygen atoms in total. The van der Waals surface area contributed by atoms with Gasteiger partial charge in [-0.15, -0.1) is 0 Å². The molecule has 3 N–H and O–H groups in total. The maximum atomic E-state index is 12.3. The monoisotopic (exact) mass is 538 g/mol. The van der Waals surface area contributed by atoms with E-state index in [0.29, 0.717) is 22.9 Å². The molecule has 1 aliphatic heterocycles. The van der Waals surface area contributed by atoms with Crippen LogP contribution >= 0.6 is 11.8 Å². The summed E-state index contributed by atoms with van der Waals surface area (Å²) in [4.78, 5) is 23.0. The molecule has 4 rings (SSSR count). The first kappa shape index (κ1) is 27.6. The minimum atomic E-state index is -0.933. The van der Waals surface area contributed by atoms with Crippen LogP contribution in [0.5, 0.6) is 0 Å². The number of carbonyl (C=O) groups is 2. The van der Waals surface area contributed by atoms with Crippen LogP contribution in [0.3, 0.4) is 0 Å². The van der Waals surface area contributed by atoms with Crippen molar-refractivity contribution in [1.29, 1.82) is 0 Å². The SMILES string of the molecule is O=C(O)CCCC(=O)Nc1cccc([C@H]2O[C@@H](CSc3cccc[n+]3[O-])C[C@@H](c3ccc(CO)cc3)O2)c1. The lowest BCUT2D eigenvalue weighted by atomic mass is 10.0. The molecule has 0 aliphatic carbocycles. The Kier molecular flexibility index (Phi) is 9.72. The van der Waals surface area contributed by atoms with Gasteiger partial charge in [-0.3, -0.25) is 9.59 Å². The number of thioether (sulfide) groups is 1. The molecule has 10 heteroatoms. The Morgan fingerprint density at radius 1 is 1.03 bits per heavy atom. The van der Waals surface area contributed by atoms with Crippen LogP contribution in [0, 0.1) is 5.21 Å². The Balaban J connectivity index is 1.49. The summed E-state index contributed by atoms with van der Waals surface area (Å²) in [5.41, 5.74) is 3.04. The molecule has 200 valence electrons. The molecule has 0 spiro atoms. The summed E-state index contributed by atoms with van der Waals surface area (Å²) in [6.45, 7) is -0.0438. The van der Waals surface area contributed by atoms with Gasteiger partial charge in [-0.1, -0.05) is 48.2 Å². The van der Waals surface area contributed by atoms with E-state index < -0.39 is 12.3 Å². The zero-order chi connectivity index (χ0) is 26.9. The molecule has 3 atom stereocenters. The van der Waals surface area contributed by atoms with Crippen molar-refractivity contribution in [3.63, 3.8) is 0 Å². The number of aromatic nitrogens is 1. The van der Waals surface area contributed by atoms with Crippen molar-refractivity contribution in [2.75, 3.05) is 11.1 Å². The molecule has 1 fully saturated rings. The molecule has 0 bridgehead atoms. The lowest BCUT2D eigenvalue weighted by Gasteiger charge is -2.36. The molecular weight excluding hydrogens is 508 g/mol. The highest BCUT2D eigenvalue weighted by Crippen LogP contribution is 2.39. The quantitative estimate of drug-likeness (QED) is 0.187. The number of hydrogen-bond acceptors (Lipinski definition) is 7. The lowest BCUT2D eigenvalue weighted by Crippen LogP contribution is -2.32. The van der Waals surface area contributed by atoms with Crippen LogP contribution in [0.2, 0.25) is 0 Å². The maximum absolute atomic E-state index is 12.3. The average Bonchev–Trinajstić information content (AvgIpc) is 2.92. The molecule has 2 heterocycles. The Bertz CT molecular complexity index is 1240. The van der Waals surface area contributed by atoms with Crippen LogP contribution in [-0.2, 0) is 25.7 Å². The number of aliphatic hydroxyl groups is 1. The second-order valence-electron chi connectivity index (χ2n) is 8.95. The standard InChI is InChI=1S/C28H30N2O7S/c31-17-19-10-12-20(13-11-19)24-16-23(18-38-26-8-1-2-14-30(26)35)36-28(37-24)21-5-3-6-22(15-21)29-25(32)7-4-9-27(33)34/h1-3,5-6,8,10-15,23-24,28,31H,4,7,9,16-18H2,(H,29,32)(H,33,34)/t23-,24+,28+/m1/s1. The molecule has 1 saturated heterocycles. The van der Waals surface area contributed by atoms with Crippen LogP contribution in [0.25, 0.3) is 0 Å². The highest BCUT2D eigenvalue weighted by atomic mass is 32.2.